The number of urea groups is 1. The van der Waals surface area contributed by atoms with Crippen LogP contribution in [0.15, 0.2) is 42.9 Å². The first-order chi connectivity index (χ1) is 20.3. The van der Waals surface area contributed by atoms with E-state index in [-0.39, 0.29) is 11.8 Å². The average Bonchev–Trinajstić information content (AvgIpc) is 3.40. The van der Waals surface area contributed by atoms with E-state index < -0.39 is 12.0 Å². The third-order valence-corrected chi connectivity index (χ3v) is 8.29. The van der Waals surface area contributed by atoms with E-state index >= 15 is 4.39 Å². The number of aromatic nitrogens is 4. The summed E-state index contributed by atoms with van der Waals surface area (Å²) in [6, 6.07) is 6.77. The zero-order chi connectivity index (χ0) is 29.4. The minimum Gasteiger partial charge on any atom is -0.471 e. The zero-order valence-corrected chi connectivity index (χ0v) is 24.4. The fourth-order valence-electron chi connectivity index (χ4n) is 5.29. The second-order valence-electron chi connectivity index (χ2n) is 10.4. The van der Waals surface area contributed by atoms with Gasteiger partial charge in [0.25, 0.3) is 0 Å². The molecular weight excluding hydrogens is 584 g/mol. The third-order valence-electron chi connectivity index (χ3n) is 7.69. The molecule has 2 saturated heterocycles. The molecule has 0 bridgehead atoms. The monoisotopic (exact) mass is 613 g/mol. The number of anilines is 1. The predicted octanol–water partition coefficient (Wildman–Crippen LogP) is 3.99. The summed E-state index contributed by atoms with van der Waals surface area (Å²) >= 11 is 12.5. The van der Waals surface area contributed by atoms with Crippen molar-refractivity contribution >= 4 is 46.0 Å². The topological polar surface area (TPSA) is 120 Å². The van der Waals surface area contributed by atoms with Crippen molar-refractivity contribution in [2.24, 2.45) is 5.73 Å². The van der Waals surface area contributed by atoms with Crippen LogP contribution in [0.2, 0.25) is 10.0 Å². The van der Waals surface area contributed by atoms with Crippen LogP contribution in [0.4, 0.5) is 15.0 Å². The van der Waals surface area contributed by atoms with Crippen LogP contribution in [-0.2, 0) is 0 Å². The lowest BCUT2D eigenvalue weighted by Crippen LogP contribution is -2.56. The Labute approximate surface area is 251 Å². The highest BCUT2D eigenvalue weighted by molar-refractivity contribution is 6.35. The Balaban J connectivity index is 1.15. The first-order valence-corrected chi connectivity index (χ1v) is 14.4. The Morgan fingerprint density at radius 2 is 1.67 bits per heavy atom. The molecule has 1 atom stereocenters. The summed E-state index contributed by atoms with van der Waals surface area (Å²) in [5.74, 6) is 0.251. The highest BCUT2D eigenvalue weighted by atomic mass is 35.5. The molecule has 5 heterocycles. The summed E-state index contributed by atoms with van der Waals surface area (Å²) in [6.45, 7) is 5.22. The van der Waals surface area contributed by atoms with E-state index in [1.54, 1.807) is 24.4 Å². The van der Waals surface area contributed by atoms with E-state index in [1.165, 1.54) is 18.5 Å². The van der Waals surface area contributed by atoms with Gasteiger partial charge >= 0.3 is 6.03 Å². The van der Waals surface area contributed by atoms with Crippen molar-refractivity contribution < 1.29 is 13.9 Å². The maximum atomic E-state index is 15.4. The number of nitrogens with zero attached hydrogens (tertiary/aromatic N) is 7. The number of halogens is 3. The SMILES string of the molecule is CN1CCN(C(=O)N2CCN(c3ncc(-c4n[nH]c5ccc(O[C@H](N)c6c(Cl)cncc6Cl)cc45)cc3F)CC2)CC1. The number of aromatic amines is 1. The van der Waals surface area contributed by atoms with Crippen LogP contribution >= 0.6 is 23.2 Å². The molecule has 11 nitrogen and oxygen atoms in total. The second kappa shape index (κ2) is 11.9. The number of carbonyl (C=O) groups excluding carboxylic acids is 1. The Morgan fingerprint density at radius 3 is 2.33 bits per heavy atom. The molecule has 3 N–H and O–H groups in total. The molecule has 14 heteroatoms. The van der Waals surface area contributed by atoms with E-state index in [9.17, 15) is 4.79 Å². The summed E-state index contributed by atoms with van der Waals surface area (Å²) in [4.78, 5) is 29.1. The number of fused-ring (bicyclic) bond motifs is 1. The molecule has 2 aliphatic rings. The first kappa shape index (κ1) is 28.4. The number of rotatable bonds is 5. The van der Waals surface area contributed by atoms with Crippen molar-refractivity contribution in [1.29, 1.82) is 0 Å². The van der Waals surface area contributed by atoms with Gasteiger partial charge in [-0.25, -0.2) is 14.2 Å². The van der Waals surface area contributed by atoms with E-state index in [0.717, 1.165) is 31.7 Å². The number of likely N-dealkylation sites (N-methyl/N-ethyl adjacent to an activating group) is 1. The minimum atomic E-state index is -0.934. The van der Waals surface area contributed by atoms with Crippen LogP contribution in [0.25, 0.3) is 22.2 Å². The lowest BCUT2D eigenvalue weighted by Gasteiger charge is -2.40. The highest BCUT2D eigenvalue weighted by Gasteiger charge is 2.28. The molecule has 0 spiro atoms. The lowest BCUT2D eigenvalue weighted by atomic mass is 10.1. The molecule has 4 aromatic rings. The van der Waals surface area contributed by atoms with Crippen LogP contribution in [0, 0.1) is 5.82 Å². The molecule has 0 saturated carbocycles. The number of hydrogen-bond acceptors (Lipinski definition) is 8. The van der Waals surface area contributed by atoms with Gasteiger partial charge < -0.3 is 24.3 Å². The molecule has 2 amide bonds. The molecule has 0 radical (unpaired) electrons. The van der Waals surface area contributed by atoms with Gasteiger partial charge in [-0.1, -0.05) is 23.2 Å². The summed E-state index contributed by atoms with van der Waals surface area (Å²) in [6.07, 6.45) is 3.56. The van der Waals surface area contributed by atoms with E-state index in [2.05, 4.69) is 32.1 Å². The Hall–Kier alpha value is -3.71. The quantitative estimate of drug-likeness (QED) is 0.324. The summed E-state index contributed by atoms with van der Waals surface area (Å²) in [5, 5.41) is 8.66. The molecule has 220 valence electrons. The van der Waals surface area contributed by atoms with Crippen molar-refractivity contribution in [2.45, 2.75) is 6.23 Å². The van der Waals surface area contributed by atoms with E-state index in [0.29, 0.717) is 64.2 Å². The fourth-order valence-corrected chi connectivity index (χ4v) is 5.87. The Bertz CT molecular complexity index is 1580. The van der Waals surface area contributed by atoms with Gasteiger partial charge in [0.2, 0.25) is 0 Å². The number of carbonyl (C=O) groups is 1. The normalized spacial score (nSPS) is 17.1. The number of benzene rings is 1. The van der Waals surface area contributed by atoms with Gasteiger partial charge in [0, 0.05) is 87.5 Å². The third kappa shape index (κ3) is 5.67. The maximum Gasteiger partial charge on any atom is 0.320 e. The van der Waals surface area contributed by atoms with Crippen LogP contribution in [0.5, 0.6) is 5.75 Å². The van der Waals surface area contributed by atoms with Crippen molar-refractivity contribution in [2.75, 3.05) is 64.3 Å². The summed E-state index contributed by atoms with van der Waals surface area (Å²) in [7, 11) is 2.06. The molecule has 0 unspecified atom stereocenters. The number of nitrogens with one attached hydrogen (secondary N) is 1. The number of piperazine rings is 2. The van der Waals surface area contributed by atoms with E-state index in [4.69, 9.17) is 33.7 Å². The van der Waals surface area contributed by atoms with Crippen molar-refractivity contribution in [1.82, 2.24) is 34.9 Å². The number of amides is 2. The molecule has 0 aliphatic carbocycles. The minimum absolute atomic E-state index is 0.0493. The van der Waals surface area contributed by atoms with Gasteiger partial charge in [0.15, 0.2) is 17.9 Å². The molecule has 1 aromatic carbocycles. The van der Waals surface area contributed by atoms with Crippen LogP contribution < -0.4 is 15.4 Å². The second-order valence-corrected chi connectivity index (χ2v) is 11.2. The van der Waals surface area contributed by atoms with Crippen molar-refractivity contribution in [3.63, 3.8) is 0 Å². The number of ether oxygens (including phenoxy) is 1. The molecule has 42 heavy (non-hydrogen) atoms. The number of pyridine rings is 2. The first-order valence-electron chi connectivity index (χ1n) is 13.6. The van der Waals surface area contributed by atoms with E-state index in [1.807, 2.05) is 14.7 Å². The van der Waals surface area contributed by atoms with Crippen LogP contribution in [0.3, 0.4) is 0 Å². The number of nitrogens with two attached hydrogens (primary N) is 1. The molecule has 3 aromatic heterocycles. The standard InChI is InChI=1S/C28H30Cl2FN9O2/c1-37-4-6-39(7-5-37)28(41)40-10-8-38(9-11-40)27-22(31)12-17(14-34-27)25-19-13-18(2-3-23(19)35-36-25)42-26(32)24-20(29)15-33-16-21(24)30/h2-3,12-16,26H,4-11,32H2,1H3,(H,35,36)/t26-/m0/s1. The summed E-state index contributed by atoms with van der Waals surface area (Å²) < 4.78 is 21.3. The molecular formula is C28H30Cl2FN9O2. The average molecular weight is 615 g/mol. The van der Waals surface area contributed by atoms with Crippen molar-refractivity contribution in [3.8, 4) is 17.0 Å². The lowest BCUT2D eigenvalue weighted by molar-refractivity contribution is 0.120. The summed E-state index contributed by atoms with van der Waals surface area (Å²) in [5.41, 5.74) is 8.42. The van der Waals surface area contributed by atoms with Gasteiger partial charge in [-0.2, -0.15) is 5.10 Å². The molecule has 6 rings (SSSR count). The smallest absolute Gasteiger partial charge is 0.320 e. The highest BCUT2D eigenvalue weighted by Crippen LogP contribution is 2.34. The van der Waals surface area contributed by atoms with Gasteiger partial charge in [-0.3, -0.25) is 15.8 Å². The molecule has 2 fully saturated rings. The Morgan fingerprint density at radius 1 is 1.00 bits per heavy atom. The van der Waals surface area contributed by atoms with Gasteiger partial charge in [-0.05, 0) is 31.3 Å². The van der Waals surface area contributed by atoms with Gasteiger partial charge in [0.1, 0.15) is 11.4 Å². The van der Waals surface area contributed by atoms with Gasteiger partial charge in [-0.15, -0.1) is 0 Å². The van der Waals surface area contributed by atoms with Crippen LogP contribution in [0.1, 0.15) is 11.8 Å². The largest absolute Gasteiger partial charge is 0.471 e. The van der Waals surface area contributed by atoms with Crippen LogP contribution in [-0.4, -0.2) is 100 Å². The number of hydrogen-bond donors (Lipinski definition) is 2. The fraction of sp³-hybridized carbons (Fsp3) is 0.357. The predicted molar refractivity (Wildman–Crippen MR) is 159 cm³/mol. The molecule has 2 aliphatic heterocycles. The maximum absolute atomic E-state index is 15.4. The zero-order valence-electron chi connectivity index (χ0n) is 22.9. The van der Waals surface area contributed by atoms with Gasteiger partial charge in [0.05, 0.1) is 15.6 Å². The number of H-pyrrole nitrogens is 1. The Kier molecular flexibility index (Phi) is 8.04. The van der Waals surface area contributed by atoms with Crippen molar-refractivity contribution in [3.05, 3.63) is 64.3 Å².